The summed E-state index contributed by atoms with van der Waals surface area (Å²) in [4.78, 5) is 23.8. The molecule has 0 bridgehead atoms. The average Bonchev–Trinajstić information content (AvgIpc) is 3.22. The number of carbonyl (C=O) groups is 1. The van der Waals surface area contributed by atoms with Crippen LogP contribution in [0.1, 0.15) is 35.7 Å². The van der Waals surface area contributed by atoms with Gasteiger partial charge in [-0.05, 0) is 63.2 Å². The molecule has 1 aromatic heterocycles. The maximum atomic E-state index is 14.0. The topological polar surface area (TPSA) is 85.0 Å². The van der Waals surface area contributed by atoms with Gasteiger partial charge in [0.1, 0.15) is 11.6 Å². The van der Waals surface area contributed by atoms with E-state index in [1.807, 2.05) is 18.2 Å². The number of alkyl halides is 3. The first kappa shape index (κ1) is 32.4. The maximum Gasteiger partial charge on any atom is 0.419 e. The normalized spacial score (nSPS) is 18.7. The molecule has 0 aliphatic carbocycles. The lowest BCUT2D eigenvalue weighted by atomic mass is 10.0. The van der Waals surface area contributed by atoms with E-state index in [0.29, 0.717) is 23.4 Å². The maximum absolute atomic E-state index is 14.0. The minimum absolute atomic E-state index is 0.204. The molecule has 2 fully saturated rings. The predicted molar refractivity (Wildman–Crippen MR) is 172 cm³/mol. The van der Waals surface area contributed by atoms with Crippen LogP contribution < -0.4 is 25.6 Å². The van der Waals surface area contributed by atoms with Gasteiger partial charge in [0.15, 0.2) is 0 Å². The van der Waals surface area contributed by atoms with Gasteiger partial charge in [0, 0.05) is 63.3 Å². The number of anilines is 5. The Morgan fingerprint density at radius 1 is 0.978 bits per heavy atom. The van der Waals surface area contributed by atoms with Crippen LogP contribution in [0.4, 0.5) is 41.7 Å². The van der Waals surface area contributed by atoms with Crippen molar-refractivity contribution in [1.29, 1.82) is 0 Å². The van der Waals surface area contributed by atoms with Crippen molar-refractivity contribution in [3.8, 4) is 5.75 Å². The zero-order chi connectivity index (χ0) is 32.1. The summed E-state index contributed by atoms with van der Waals surface area (Å²) in [5.41, 5.74) is 0.887. The van der Waals surface area contributed by atoms with E-state index < -0.39 is 17.6 Å². The first-order chi connectivity index (χ1) is 21.5. The fraction of sp³-hybridized carbons (Fsp3) is 0.455. The van der Waals surface area contributed by atoms with E-state index in [2.05, 4.69) is 49.6 Å². The van der Waals surface area contributed by atoms with E-state index in [1.165, 1.54) is 26.0 Å². The van der Waals surface area contributed by atoms with E-state index in [9.17, 15) is 18.0 Å². The molecular formula is C33H42F3N7O2. The number of ether oxygens (including phenoxy) is 1. The number of hydrogen-bond acceptors (Lipinski definition) is 8. The molecule has 3 heterocycles. The quantitative estimate of drug-likeness (QED) is 0.290. The number of piperidine rings is 1. The Morgan fingerprint density at radius 3 is 2.44 bits per heavy atom. The molecule has 0 radical (unpaired) electrons. The number of methoxy groups -OCH3 is 1. The molecule has 2 saturated heterocycles. The zero-order valence-corrected chi connectivity index (χ0v) is 26.2. The summed E-state index contributed by atoms with van der Waals surface area (Å²) in [6.45, 7) is 8.39. The number of benzene rings is 2. The third-order valence-corrected chi connectivity index (χ3v) is 8.61. The van der Waals surface area contributed by atoms with Gasteiger partial charge in [-0.1, -0.05) is 19.1 Å². The summed E-state index contributed by atoms with van der Waals surface area (Å²) in [5, 5.41) is 8.45. The summed E-state index contributed by atoms with van der Waals surface area (Å²) >= 11 is 0. The number of amides is 1. The molecule has 2 aliphatic rings. The van der Waals surface area contributed by atoms with Crippen LogP contribution in [-0.2, 0) is 6.18 Å². The minimum Gasteiger partial charge on any atom is -0.495 e. The molecule has 2 aliphatic heterocycles. The number of aromatic nitrogens is 1. The Labute approximate surface area is 262 Å². The molecule has 0 saturated carbocycles. The van der Waals surface area contributed by atoms with E-state index in [4.69, 9.17) is 4.74 Å². The largest absolute Gasteiger partial charge is 0.495 e. The van der Waals surface area contributed by atoms with Crippen LogP contribution >= 0.6 is 0 Å². The number of halogens is 3. The van der Waals surface area contributed by atoms with Crippen molar-refractivity contribution in [2.45, 2.75) is 32.0 Å². The summed E-state index contributed by atoms with van der Waals surface area (Å²) in [7, 11) is 5.27. The average molecular weight is 626 g/mol. The van der Waals surface area contributed by atoms with Crippen molar-refractivity contribution in [3.63, 3.8) is 0 Å². The molecule has 1 atom stereocenters. The van der Waals surface area contributed by atoms with Crippen LogP contribution in [0.3, 0.4) is 0 Å². The van der Waals surface area contributed by atoms with Gasteiger partial charge in [-0.15, -0.1) is 0 Å². The number of hydrogen-bond donors (Lipinski definition) is 3. The number of carbonyl (C=O) groups excluding carboxylic acids is 1. The monoisotopic (exact) mass is 625 g/mol. The van der Waals surface area contributed by atoms with Gasteiger partial charge in [-0.2, -0.15) is 13.2 Å². The Bertz CT molecular complexity index is 1480. The molecule has 9 nitrogen and oxygen atoms in total. The molecule has 3 N–H and O–H groups in total. The van der Waals surface area contributed by atoms with Gasteiger partial charge in [0.05, 0.1) is 35.3 Å². The Hall–Kier alpha value is -4.03. The van der Waals surface area contributed by atoms with Gasteiger partial charge in [0.2, 0.25) is 0 Å². The Morgan fingerprint density at radius 2 is 1.73 bits per heavy atom. The lowest BCUT2D eigenvalue weighted by Gasteiger charge is -2.37. The van der Waals surface area contributed by atoms with Gasteiger partial charge < -0.3 is 30.5 Å². The van der Waals surface area contributed by atoms with Gasteiger partial charge >= 0.3 is 6.18 Å². The third kappa shape index (κ3) is 7.80. The van der Waals surface area contributed by atoms with Crippen LogP contribution in [-0.4, -0.2) is 87.2 Å². The summed E-state index contributed by atoms with van der Waals surface area (Å²) in [5.74, 6) is 0.935. The smallest absolute Gasteiger partial charge is 0.419 e. The molecule has 242 valence electrons. The summed E-state index contributed by atoms with van der Waals surface area (Å²) < 4.78 is 47.7. The number of rotatable bonds is 8. The van der Waals surface area contributed by atoms with E-state index in [0.717, 1.165) is 51.2 Å². The van der Waals surface area contributed by atoms with Crippen molar-refractivity contribution in [2.24, 2.45) is 5.92 Å². The second-order valence-corrected chi connectivity index (χ2v) is 12.0. The SMILES string of the molecule is CNC(=O)c1ccccc1Nc1cc(Nc2ccc(N3CCN(C4CCN(C)CC4)C[C@H](C)C3)c(OC)c2)ncc1C(F)(F)F. The van der Waals surface area contributed by atoms with Crippen molar-refractivity contribution in [3.05, 3.63) is 65.9 Å². The van der Waals surface area contributed by atoms with Crippen molar-refractivity contribution >= 4 is 34.5 Å². The lowest BCUT2D eigenvalue weighted by molar-refractivity contribution is -0.137. The van der Waals surface area contributed by atoms with Crippen LogP contribution in [0.25, 0.3) is 0 Å². The molecule has 0 spiro atoms. The molecule has 1 amide bonds. The molecule has 45 heavy (non-hydrogen) atoms. The minimum atomic E-state index is -4.66. The van der Waals surface area contributed by atoms with Crippen LogP contribution in [0.5, 0.6) is 5.75 Å². The van der Waals surface area contributed by atoms with E-state index in [-0.39, 0.29) is 22.8 Å². The van der Waals surface area contributed by atoms with Crippen molar-refractivity contribution in [2.75, 3.05) is 76.0 Å². The Kier molecular flexibility index (Phi) is 10.0. The highest BCUT2D eigenvalue weighted by Crippen LogP contribution is 2.39. The first-order valence-corrected chi connectivity index (χ1v) is 15.3. The molecule has 0 unspecified atom stereocenters. The summed E-state index contributed by atoms with van der Waals surface area (Å²) in [6.07, 6.45) is -1.48. The zero-order valence-electron chi connectivity index (χ0n) is 26.2. The van der Waals surface area contributed by atoms with Gasteiger partial charge in [0.25, 0.3) is 5.91 Å². The number of nitrogens with one attached hydrogen (secondary N) is 3. The van der Waals surface area contributed by atoms with E-state index in [1.54, 1.807) is 31.4 Å². The van der Waals surface area contributed by atoms with Crippen LogP contribution in [0.2, 0.25) is 0 Å². The first-order valence-electron chi connectivity index (χ1n) is 15.3. The lowest BCUT2D eigenvalue weighted by Crippen LogP contribution is -2.45. The van der Waals surface area contributed by atoms with Gasteiger partial charge in [-0.25, -0.2) is 4.98 Å². The molecular weight excluding hydrogens is 583 g/mol. The molecule has 3 aromatic rings. The van der Waals surface area contributed by atoms with Crippen LogP contribution in [0, 0.1) is 5.92 Å². The fourth-order valence-corrected chi connectivity index (χ4v) is 6.26. The van der Waals surface area contributed by atoms with Crippen LogP contribution in [0.15, 0.2) is 54.7 Å². The molecule has 12 heteroatoms. The second-order valence-electron chi connectivity index (χ2n) is 12.0. The van der Waals surface area contributed by atoms with Crippen molar-refractivity contribution < 1.29 is 22.7 Å². The van der Waals surface area contributed by atoms with Gasteiger partial charge in [-0.3, -0.25) is 9.69 Å². The second kappa shape index (κ2) is 13.9. The third-order valence-electron chi connectivity index (χ3n) is 8.61. The standard InChI is InChI=1S/C33H42F3N7O2/c1-22-20-42(24-11-13-41(3)14-12-24)15-16-43(21-22)29-10-9-23(17-30(29)45-4)39-31-18-28(26(19-38-31)33(34,35)36)40-27-8-6-5-7-25(27)32(44)37-2/h5-10,17-19,22,24H,11-16,20-21H2,1-4H3,(H,37,44)(H2,38,39,40)/t22-/m0/s1. The number of pyridine rings is 1. The Balaban J connectivity index is 1.35. The molecule has 5 rings (SSSR count). The molecule has 2 aromatic carbocycles. The fourth-order valence-electron chi connectivity index (χ4n) is 6.26. The number of nitrogens with zero attached hydrogens (tertiary/aromatic N) is 4. The number of likely N-dealkylation sites (tertiary alicyclic amines) is 1. The summed E-state index contributed by atoms with van der Waals surface area (Å²) in [6, 6.07) is 14.0. The highest BCUT2D eigenvalue weighted by atomic mass is 19.4. The highest BCUT2D eigenvalue weighted by Gasteiger charge is 2.35. The predicted octanol–water partition coefficient (Wildman–Crippen LogP) is 5.81. The highest BCUT2D eigenvalue weighted by molar-refractivity contribution is 6.00. The van der Waals surface area contributed by atoms with E-state index >= 15 is 0 Å². The van der Waals surface area contributed by atoms with Crippen molar-refractivity contribution in [1.82, 2.24) is 20.1 Å². The number of para-hydroxylation sites is 1.